The maximum absolute atomic E-state index is 13.4. The van der Waals surface area contributed by atoms with Gasteiger partial charge in [-0.05, 0) is 92.0 Å². The van der Waals surface area contributed by atoms with Gasteiger partial charge in [0, 0.05) is 16.4 Å². The number of aryl methyl sites for hydroxylation is 1. The number of benzene rings is 2. The van der Waals surface area contributed by atoms with E-state index in [1.807, 2.05) is 0 Å². The summed E-state index contributed by atoms with van der Waals surface area (Å²) >= 11 is 0. The van der Waals surface area contributed by atoms with Crippen LogP contribution >= 0.6 is 0 Å². The minimum atomic E-state index is -4.24. The quantitative estimate of drug-likeness (QED) is 0.316. The minimum Gasteiger partial charge on any atom is -0.233 e. The monoisotopic (exact) mass is 428 g/mol. The number of halogens is 4. The summed E-state index contributed by atoms with van der Waals surface area (Å²) in [6.45, 7) is 2.10. The first-order chi connectivity index (χ1) is 14.8. The maximum Gasteiger partial charge on any atom is 0.412 e. The van der Waals surface area contributed by atoms with Gasteiger partial charge in [-0.25, -0.2) is 9.07 Å². The van der Waals surface area contributed by atoms with Crippen LogP contribution in [0.2, 0.25) is 0 Å². The zero-order valence-corrected chi connectivity index (χ0v) is 17.3. The van der Waals surface area contributed by atoms with E-state index in [0.717, 1.165) is 42.3 Å². The highest BCUT2D eigenvalue weighted by molar-refractivity contribution is 5.82. The van der Waals surface area contributed by atoms with Gasteiger partial charge in [-0.1, -0.05) is 13.0 Å². The molecule has 6 heteroatoms. The fourth-order valence-corrected chi connectivity index (χ4v) is 5.68. The van der Waals surface area contributed by atoms with Crippen LogP contribution in [0.15, 0.2) is 54.2 Å². The van der Waals surface area contributed by atoms with Crippen molar-refractivity contribution >= 4 is 10.9 Å². The highest BCUT2D eigenvalue weighted by atomic mass is 19.4. The molecule has 0 aliphatic heterocycles. The van der Waals surface area contributed by atoms with Crippen LogP contribution < -0.4 is 0 Å². The third-order valence-electron chi connectivity index (χ3n) is 7.31. The third-order valence-corrected chi connectivity index (χ3v) is 7.31. The van der Waals surface area contributed by atoms with E-state index in [4.69, 9.17) is 0 Å². The highest BCUT2D eigenvalue weighted by Crippen LogP contribution is 2.52. The minimum absolute atomic E-state index is 0.0696. The summed E-state index contributed by atoms with van der Waals surface area (Å²) < 4.78 is 55.4. The first kappa shape index (κ1) is 20.3. The van der Waals surface area contributed by atoms with Gasteiger partial charge in [0.05, 0.1) is 17.4 Å². The first-order valence-corrected chi connectivity index (χ1v) is 10.9. The Morgan fingerprint density at radius 1 is 1.13 bits per heavy atom. The van der Waals surface area contributed by atoms with E-state index in [-0.39, 0.29) is 29.1 Å². The van der Waals surface area contributed by atoms with Crippen molar-refractivity contribution in [1.29, 1.82) is 0 Å². The molecule has 0 spiro atoms. The number of hydrogen-bond acceptors (Lipinski definition) is 1. The van der Waals surface area contributed by atoms with E-state index >= 15 is 0 Å². The number of allylic oxidation sites excluding steroid dienone is 2. The van der Waals surface area contributed by atoms with E-state index in [1.165, 1.54) is 29.3 Å². The topological polar surface area (TPSA) is 17.8 Å². The highest BCUT2D eigenvalue weighted by Gasteiger charge is 2.47. The molecule has 2 aromatic carbocycles. The second kappa shape index (κ2) is 7.21. The molecule has 0 saturated carbocycles. The lowest BCUT2D eigenvalue weighted by molar-refractivity contribution is -0.0969. The molecule has 0 amide bonds. The normalized spacial score (nSPS) is 23.8. The summed E-state index contributed by atoms with van der Waals surface area (Å²) in [7, 11) is 0. The molecule has 31 heavy (non-hydrogen) atoms. The molecular formula is C25H24F4N2. The van der Waals surface area contributed by atoms with Crippen LogP contribution in [0.5, 0.6) is 0 Å². The van der Waals surface area contributed by atoms with Crippen molar-refractivity contribution in [3.05, 3.63) is 71.2 Å². The number of hydrogen-bond donors (Lipinski definition) is 0. The molecule has 162 valence electrons. The van der Waals surface area contributed by atoms with Crippen molar-refractivity contribution in [2.75, 3.05) is 0 Å². The number of aromatic nitrogens is 2. The van der Waals surface area contributed by atoms with E-state index in [1.54, 1.807) is 23.0 Å². The van der Waals surface area contributed by atoms with Gasteiger partial charge >= 0.3 is 6.18 Å². The number of rotatable bonds is 2. The average Bonchev–Trinajstić information content (AvgIpc) is 3.08. The van der Waals surface area contributed by atoms with Crippen LogP contribution in [0.1, 0.15) is 50.2 Å². The van der Waals surface area contributed by atoms with E-state index < -0.39 is 6.18 Å². The lowest BCUT2D eigenvalue weighted by atomic mass is 9.61. The Bertz CT molecular complexity index is 1160. The van der Waals surface area contributed by atoms with Gasteiger partial charge < -0.3 is 0 Å². The summed E-state index contributed by atoms with van der Waals surface area (Å²) in [5.41, 5.74) is 3.47. The van der Waals surface area contributed by atoms with Gasteiger partial charge in [0.2, 0.25) is 0 Å². The Hall–Kier alpha value is -2.63. The summed E-state index contributed by atoms with van der Waals surface area (Å²) in [4.78, 5) is 0. The Labute approximate surface area is 178 Å². The Balaban J connectivity index is 1.65. The van der Waals surface area contributed by atoms with Crippen LogP contribution in [-0.2, 0) is 11.8 Å². The molecule has 2 unspecified atom stereocenters. The zero-order chi connectivity index (χ0) is 21.8. The van der Waals surface area contributed by atoms with Crippen molar-refractivity contribution in [3.63, 3.8) is 0 Å². The molecule has 0 fully saturated rings. The Kier molecular flexibility index (Phi) is 4.72. The van der Waals surface area contributed by atoms with Gasteiger partial charge in [-0.15, -0.1) is 0 Å². The third kappa shape index (κ3) is 3.27. The van der Waals surface area contributed by atoms with Crippen molar-refractivity contribution in [2.24, 2.45) is 5.92 Å². The summed E-state index contributed by atoms with van der Waals surface area (Å²) in [5.74, 6) is -0.401. The molecular weight excluding hydrogens is 404 g/mol. The van der Waals surface area contributed by atoms with Crippen molar-refractivity contribution in [2.45, 2.75) is 57.0 Å². The summed E-state index contributed by atoms with van der Waals surface area (Å²) in [5, 5.41) is 5.48. The Morgan fingerprint density at radius 2 is 1.90 bits per heavy atom. The molecule has 1 aromatic heterocycles. The molecule has 2 atom stereocenters. The van der Waals surface area contributed by atoms with Crippen LogP contribution in [0.25, 0.3) is 16.6 Å². The van der Waals surface area contributed by atoms with Crippen molar-refractivity contribution < 1.29 is 17.6 Å². The van der Waals surface area contributed by atoms with Gasteiger partial charge in [0.15, 0.2) is 0 Å². The fourth-order valence-electron chi connectivity index (χ4n) is 5.68. The van der Waals surface area contributed by atoms with Gasteiger partial charge in [0.1, 0.15) is 5.82 Å². The molecule has 2 aliphatic rings. The lowest BCUT2D eigenvalue weighted by Crippen LogP contribution is -2.38. The number of fused-ring (bicyclic) bond motifs is 4. The van der Waals surface area contributed by atoms with E-state index in [0.29, 0.717) is 6.42 Å². The van der Waals surface area contributed by atoms with Crippen molar-refractivity contribution in [1.82, 2.24) is 9.78 Å². The number of alkyl halides is 3. The fraction of sp³-hybridized carbons (Fsp3) is 0.400. The first-order valence-electron chi connectivity index (χ1n) is 10.9. The van der Waals surface area contributed by atoms with Crippen LogP contribution in [-0.4, -0.2) is 16.0 Å². The molecule has 2 nitrogen and oxygen atoms in total. The Morgan fingerprint density at radius 3 is 2.61 bits per heavy atom. The number of nitrogens with zero attached hydrogens (tertiary/aromatic N) is 2. The predicted molar refractivity (Wildman–Crippen MR) is 113 cm³/mol. The second-order valence-corrected chi connectivity index (χ2v) is 8.80. The molecule has 1 heterocycles. The average molecular weight is 428 g/mol. The van der Waals surface area contributed by atoms with E-state index in [9.17, 15) is 17.6 Å². The smallest absolute Gasteiger partial charge is 0.233 e. The lowest BCUT2D eigenvalue weighted by Gasteiger charge is -2.43. The molecule has 2 aliphatic carbocycles. The largest absolute Gasteiger partial charge is 0.412 e. The summed E-state index contributed by atoms with van der Waals surface area (Å²) in [6, 6.07) is 10.5. The molecule has 5 rings (SSSR count). The predicted octanol–water partition coefficient (Wildman–Crippen LogP) is 7.05. The van der Waals surface area contributed by atoms with Crippen LogP contribution in [0, 0.1) is 11.7 Å². The van der Waals surface area contributed by atoms with Gasteiger partial charge in [0.25, 0.3) is 0 Å². The van der Waals surface area contributed by atoms with Crippen molar-refractivity contribution in [3.8, 4) is 5.69 Å². The molecule has 0 bridgehead atoms. The van der Waals surface area contributed by atoms with Gasteiger partial charge in [-0.2, -0.15) is 18.3 Å². The van der Waals surface area contributed by atoms with E-state index in [2.05, 4.69) is 24.2 Å². The standard InChI is InChI=1S/C25H24F4N2/c1-2-24-11-10-19(25(27,28)29)14-18(24)5-3-4-16-13-23-17(12-22(16)24)15-30-31(23)21-8-6-20(26)7-9-21/h6-9,12-15,18H,2-5,10-11H2,1H3. The molecule has 0 saturated heterocycles. The molecule has 3 aromatic rings. The van der Waals surface area contributed by atoms with Crippen LogP contribution in [0.3, 0.4) is 0 Å². The maximum atomic E-state index is 13.4. The van der Waals surface area contributed by atoms with Gasteiger partial charge in [-0.3, -0.25) is 0 Å². The molecule has 0 radical (unpaired) electrons. The summed E-state index contributed by atoms with van der Waals surface area (Å²) in [6.07, 6.45) is 2.94. The SMILES string of the molecule is CCC12CCC(C(F)(F)F)=CC1CCCc1cc3c(cnn3-c3ccc(F)cc3)cc12. The zero-order valence-electron chi connectivity index (χ0n) is 17.3. The second-order valence-electron chi connectivity index (χ2n) is 8.80. The van der Waals surface area contributed by atoms with Crippen LogP contribution in [0.4, 0.5) is 17.6 Å². The molecule has 0 N–H and O–H groups in total.